The maximum absolute atomic E-state index is 11.5. The molecule has 0 saturated heterocycles. The lowest BCUT2D eigenvalue weighted by Gasteiger charge is -2.05. The SMILES string of the molecule is O=C1[N]Nc2cc(Cc3ccccc3)c([N+](=O)[O-])cc21. The number of rotatable bonds is 3. The monoisotopic (exact) mass is 268 g/mol. The average Bonchev–Trinajstić information content (AvgIpc) is 2.80. The van der Waals surface area contributed by atoms with Gasteiger partial charge in [0, 0.05) is 18.1 Å². The van der Waals surface area contributed by atoms with E-state index in [9.17, 15) is 14.9 Å². The van der Waals surface area contributed by atoms with Gasteiger partial charge in [-0.05, 0) is 11.6 Å². The maximum Gasteiger partial charge on any atom is 0.295 e. The molecule has 1 aliphatic heterocycles. The molecule has 6 heteroatoms. The van der Waals surface area contributed by atoms with Gasteiger partial charge in [-0.3, -0.25) is 20.3 Å². The second-order valence-corrected chi connectivity index (χ2v) is 4.47. The number of amides is 1. The Bertz CT molecular complexity index is 698. The molecule has 99 valence electrons. The van der Waals surface area contributed by atoms with E-state index in [1.54, 1.807) is 6.07 Å². The van der Waals surface area contributed by atoms with Crippen molar-refractivity contribution in [2.75, 3.05) is 5.43 Å². The minimum atomic E-state index is -0.477. The minimum absolute atomic E-state index is 0.0557. The van der Waals surface area contributed by atoms with E-state index in [0.29, 0.717) is 17.7 Å². The molecule has 1 heterocycles. The summed E-state index contributed by atoms with van der Waals surface area (Å²) < 4.78 is 0. The number of nitro groups is 1. The Labute approximate surface area is 114 Å². The summed E-state index contributed by atoms with van der Waals surface area (Å²) in [5.41, 5.74) is 8.37. The number of carbonyl (C=O) groups is 1. The number of hydrogen-bond donors (Lipinski definition) is 1. The molecule has 0 bridgehead atoms. The van der Waals surface area contributed by atoms with E-state index in [4.69, 9.17) is 0 Å². The molecule has 20 heavy (non-hydrogen) atoms. The molecular weight excluding hydrogens is 258 g/mol. The van der Waals surface area contributed by atoms with Crippen molar-refractivity contribution in [2.24, 2.45) is 0 Å². The standard InChI is InChI=1S/C14H10N3O3/c18-14-11-8-13(17(19)20)10(7-12(11)15-16-14)6-9-4-2-1-3-5-9/h1-5,7-8,15H,6H2. The fourth-order valence-electron chi connectivity index (χ4n) is 2.20. The minimum Gasteiger partial charge on any atom is -0.274 e. The average molecular weight is 268 g/mol. The van der Waals surface area contributed by atoms with Crippen LogP contribution in [0.3, 0.4) is 0 Å². The number of nitrogens with zero attached hydrogens (tertiary/aromatic N) is 2. The summed E-state index contributed by atoms with van der Waals surface area (Å²) in [6.45, 7) is 0. The normalized spacial score (nSPS) is 12.5. The number of hydrogen-bond acceptors (Lipinski definition) is 4. The first-order chi connectivity index (χ1) is 9.65. The van der Waals surface area contributed by atoms with Crippen LogP contribution in [0, 0.1) is 10.1 Å². The van der Waals surface area contributed by atoms with E-state index < -0.39 is 10.8 Å². The van der Waals surface area contributed by atoms with Crippen LogP contribution in [0.5, 0.6) is 0 Å². The molecule has 3 rings (SSSR count). The van der Waals surface area contributed by atoms with Crippen LogP contribution >= 0.6 is 0 Å². The van der Waals surface area contributed by atoms with Crippen molar-refractivity contribution < 1.29 is 9.72 Å². The summed E-state index contributed by atoms with van der Waals surface area (Å²) in [5.74, 6) is -0.477. The number of anilines is 1. The third-order valence-corrected chi connectivity index (χ3v) is 3.16. The molecule has 0 aromatic heterocycles. The van der Waals surface area contributed by atoms with Gasteiger partial charge in [0.1, 0.15) is 0 Å². The van der Waals surface area contributed by atoms with E-state index in [1.165, 1.54) is 6.07 Å². The van der Waals surface area contributed by atoms with Gasteiger partial charge in [-0.2, -0.15) is 0 Å². The van der Waals surface area contributed by atoms with Crippen LogP contribution in [0.4, 0.5) is 11.4 Å². The number of fused-ring (bicyclic) bond motifs is 1. The summed E-state index contributed by atoms with van der Waals surface area (Å²) in [6.07, 6.45) is 0.431. The van der Waals surface area contributed by atoms with Gasteiger partial charge < -0.3 is 0 Å². The zero-order valence-electron chi connectivity index (χ0n) is 10.4. The van der Waals surface area contributed by atoms with Gasteiger partial charge in [-0.25, -0.2) is 0 Å². The van der Waals surface area contributed by atoms with E-state index in [-0.39, 0.29) is 11.3 Å². The lowest BCUT2D eigenvalue weighted by Crippen LogP contribution is -2.10. The molecule has 0 fully saturated rings. The molecule has 1 amide bonds. The molecule has 1 aliphatic rings. The zero-order chi connectivity index (χ0) is 14.1. The molecule has 0 spiro atoms. The quantitative estimate of drug-likeness (QED) is 0.683. The smallest absolute Gasteiger partial charge is 0.274 e. The first kappa shape index (κ1) is 12.2. The van der Waals surface area contributed by atoms with Crippen LogP contribution in [0.2, 0.25) is 0 Å². The fraction of sp³-hybridized carbons (Fsp3) is 0.0714. The summed E-state index contributed by atoms with van der Waals surface area (Å²) >= 11 is 0. The van der Waals surface area contributed by atoms with Gasteiger partial charge >= 0.3 is 0 Å². The number of nitro benzene ring substituents is 1. The van der Waals surface area contributed by atoms with E-state index in [0.717, 1.165) is 5.56 Å². The van der Waals surface area contributed by atoms with Crippen molar-refractivity contribution >= 4 is 17.3 Å². The molecule has 0 unspecified atom stereocenters. The lowest BCUT2D eigenvalue weighted by molar-refractivity contribution is -0.385. The van der Waals surface area contributed by atoms with Crippen LogP contribution < -0.4 is 10.9 Å². The highest BCUT2D eigenvalue weighted by Gasteiger charge is 2.26. The second kappa shape index (κ2) is 4.65. The third-order valence-electron chi connectivity index (χ3n) is 3.16. The van der Waals surface area contributed by atoms with E-state index in [2.05, 4.69) is 10.9 Å². The zero-order valence-corrected chi connectivity index (χ0v) is 10.4. The summed E-state index contributed by atoms with van der Waals surface area (Å²) in [7, 11) is 0. The Hall–Kier alpha value is -2.89. The first-order valence-electron chi connectivity index (χ1n) is 6.01. The van der Waals surface area contributed by atoms with Gasteiger partial charge in [-0.15, -0.1) is 5.43 Å². The van der Waals surface area contributed by atoms with Gasteiger partial charge in [-0.1, -0.05) is 30.3 Å². The van der Waals surface area contributed by atoms with Gasteiger partial charge in [0.15, 0.2) is 0 Å². The Morgan fingerprint density at radius 3 is 2.65 bits per heavy atom. The molecule has 0 saturated carbocycles. The highest BCUT2D eigenvalue weighted by molar-refractivity contribution is 6.04. The summed E-state index contributed by atoms with van der Waals surface area (Å²) in [4.78, 5) is 22.2. The lowest BCUT2D eigenvalue weighted by atomic mass is 10.0. The molecule has 6 nitrogen and oxygen atoms in total. The summed E-state index contributed by atoms with van der Waals surface area (Å²) in [5, 5.41) is 11.2. The fourth-order valence-corrected chi connectivity index (χ4v) is 2.20. The predicted octanol–water partition coefficient (Wildman–Crippen LogP) is 2.27. The van der Waals surface area contributed by atoms with Crippen molar-refractivity contribution in [3.63, 3.8) is 0 Å². The van der Waals surface area contributed by atoms with Crippen LogP contribution in [-0.4, -0.2) is 10.8 Å². The molecule has 0 atom stereocenters. The Balaban J connectivity index is 2.06. The maximum atomic E-state index is 11.5. The molecule has 1 N–H and O–H groups in total. The highest BCUT2D eigenvalue weighted by atomic mass is 16.6. The van der Waals surface area contributed by atoms with Crippen LogP contribution in [-0.2, 0) is 6.42 Å². The number of nitrogens with one attached hydrogen (secondary N) is 1. The van der Waals surface area contributed by atoms with Gasteiger partial charge in [0.2, 0.25) is 0 Å². The molecule has 2 aromatic carbocycles. The van der Waals surface area contributed by atoms with Crippen molar-refractivity contribution in [1.29, 1.82) is 0 Å². The van der Waals surface area contributed by atoms with Crippen LogP contribution in [0.1, 0.15) is 21.5 Å². The Kier molecular flexibility index (Phi) is 2.83. The molecular formula is C14H10N3O3. The van der Waals surface area contributed by atoms with Gasteiger partial charge in [0.25, 0.3) is 11.6 Å². The first-order valence-corrected chi connectivity index (χ1v) is 6.01. The van der Waals surface area contributed by atoms with Crippen molar-refractivity contribution in [2.45, 2.75) is 6.42 Å². The van der Waals surface area contributed by atoms with E-state index >= 15 is 0 Å². The van der Waals surface area contributed by atoms with Crippen LogP contribution in [0.15, 0.2) is 42.5 Å². The van der Waals surface area contributed by atoms with Crippen molar-refractivity contribution in [3.8, 4) is 0 Å². The largest absolute Gasteiger partial charge is 0.295 e. The Morgan fingerprint density at radius 2 is 1.95 bits per heavy atom. The van der Waals surface area contributed by atoms with Crippen molar-refractivity contribution in [3.05, 3.63) is 69.3 Å². The topological polar surface area (TPSA) is 86.3 Å². The number of benzene rings is 2. The van der Waals surface area contributed by atoms with E-state index in [1.807, 2.05) is 30.3 Å². The van der Waals surface area contributed by atoms with Crippen LogP contribution in [0.25, 0.3) is 0 Å². The molecule has 1 radical (unpaired) electrons. The third kappa shape index (κ3) is 2.07. The summed E-state index contributed by atoms with van der Waals surface area (Å²) in [6, 6.07) is 12.4. The molecule has 2 aromatic rings. The predicted molar refractivity (Wildman–Crippen MR) is 72.4 cm³/mol. The second-order valence-electron chi connectivity index (χ2n) is 4.47. The van der Waals surface area contributed by atoms with Gasteiger partial charge in [0.05, 0.1) is 16.2 Å². The highest BCUT2D eigenvalue weighted by Crippen LogP contribution is 2.31. The molecule has 0 aliphatic carbocycles. The Morgan fingerprint density at radius 1 is 1.20 bits per heavy atom. The number of carbonyl (C=O) groups excluding carboxylic acids is 1. The van der Waals surface area contributed by atoms with Crippen molar-refractivity contribution in [1.82, 2.24) is 5.43 Å².